The van der Waals surface area contributed by atoms with Crippen LogP contribution in [-0.2, 0) is 17.6 Å². The molecule has 0 spiro atoms. The molecule has 0 unspecified atom stereocenters. The molecule has 3 aromatic rings. The molecule has 9 heteroatoms. The van der Waals surface area contributed by atoms with Crippen LogP contribution in [0.25, 0.3) is 11.0 Å². The van der Waals surface area contributed by atoms with Crippen molar-refractivity contribution in [2.45, 2.75) is 56.9 Å². The summed E-state index contributed by atoms with van der Waals surface area (Å²) in [6.07, 6.45) is -4.83. The second-order valence-electron chi connectivity index (χ2n) is 8.37. The third-order valence-electron chi connectivity index (χ3n) is 6.08. The van der Waals surface area contributed by atoms with Gasteiger partial charge in [-0.15, -0.1) is 0 Å². The molecule has 9 nitrogen and oxygen atoms in total. The summed E-state index contributed by atoms with van der Waals surface area (Å²) in [7, 11) is 0. The number of aliphatic hydroxyl groups excluding tert-OH is 4. The number of aliphatic hydroxyl groups is 4. The molecule has 5 atom stereocenters. The van der Waals surface area contributed by atoms with Crippen LogP contribution in [-0.4, -0.2) is 68.6 Å². The fourth-order valence-electron chi connectivity index (χ4n) is 4.08. The summed E-state index contributed by atoms with van der Waals surface area (Å²) in [5, 5.41) is 51.3. The van der Waals surface area contributed by atoms with Gasteiger partial charge in [-0.1, -0.05) is 13.0 Å². The molecule has 0 saturated carbocycles. The number of furan rings is 1. The van der Waals surface area contributed by atoms with E-state index in [2.05, 4.69) is 0 Å². The highest BCUT2D eigenvalue weighted by atomic mass is 16.7. The predicted octanol–water partition coefficient (Wildman–Crippen LogP) is 1.69. The topological polar surface area (TPSA) is 150 Å². The van der Waals surface area contributed by atoms with Gasteiger partial charge in [-0.25, -0.2) is 0 Å². The lowest BCUT2D eigenvalue weighted by atomic mass is 9.97. The minimum atomic E-state index is -1.64. The lowest BCUT2D eigenvalue weighted by Gasteiger charge is -2.39. The Balaban J connectivity index is 1.57. The first kappa shape index (κ1) is 24.2. The normalized spacial score (nSPS) is 24.9. The first-order valence-electron chi connectivity index (χ1n) is 11.1. The molecule has 34 heavy (non-hydrogen) atoms. The molecule has 1 saturated heterocycles. The number of ketones is 1. The molecule has 0 radical (unpaired) electrons. The maximum absolute atomic E-state index is 13.1. The zero-order valence-corrected chi connectivity index (χ0v) is 18.6. The molecule has 4 rings (SSSR count). The van der Waals surface area contributed by atoms with Crippen molar-refractivity contribution >= 4 is 16.8 Å². The number of hydrogen-bond acceptors (Lipinski definition) is 9. The van der Waals surface area contributed by atoms with Crippen molar-refractivity contribution in [3.63, 3.8) is 0 Å². The van der Waals surface area contributed by atoms with Gasteiger partial charge in [-0.3, -0.25) is 4.79 Å². The number of benzene rings is 2. The van der Waals surface area contributed by atoms with Gasteiger partial charge in [0.05, 0.1) is 12.9 Å². The number of ether oxygens (including phenoxy) is 2. The molecule has 1 aliphatic heterocycles. The number of hydrogen-bond donors (Lipinski definition) is 5. The first-order chi connectivity index (χ1) is 16.3. The Labute approximate surface area is 195 Å². The molecular formula is C25H28O9. The molecule has 0 bridgehead atoms. The predicted molar refractivity (Wildman–Crippen MR) is 121 cm³/mol. The second-order valence-corrected chi connectivity index (χ2v) is 8.37. The maximum atomic E-state index is 13.1. The van der Waals surface area contributed by atoms with Gasteiger partial charge >= 0.3 is 0 Å². The largest absolute Gasteiger partial charge is 0.507 e. The average molecular weight is 472 g/mol. The van der Waals surface area contributed by atoms with Crippen LogP contribution in [0.2, 0.25) is 0 Å². The molecular weight excluding hydrogens is 444 g/mol. The van der Waals surface area contributed by atoms with Crippen LogP contribution in [0.1, 0.15) is 34.8 Å². The fraction of sp³-hybridized carbons (Fsp3) is 0.400. The van der Waals surface area contributed by atoms with Gasteiger partial charge in [-0.2, -0.15) is 0 Å². The third kappa shape index (κ3) is 4.79. The Morgan fingerprint density at radius 2 is 1.82 bits per heavy atom. The Morgan fingerprint density at radius 1 is 1.03 bits per heavy atom. The number of carbonyl (C=O) groups excluding carboxylic acids is 1. The van der Waals surface area contributed by atoms with E-state index < -0.39 is 37.3 Å². The highest BCUT2D eigenvalue weighted by molar-refractivity contribution is 6.01. The van der Waals surface area contributed by atoms with Crippen LogP contribution in [0.4, 0.5) is 0 Å². The van der Waals surface area contributed by atoms with E-state index in [4.69, 9.17) is 13.9 Å². The summed E-state index contributed by atoms with van der Waals surface area (Å²) in [4.78, 5) is 13.1. The summed E-state index contributed by atoms with van der Waals surface area (Å²) < 4.78 is 16.5. The van der Waals surface area contributed by atoms with E-state index in [0.29, 0.717) is 18.4 Å². The number of Topliss-reactive ketones (excluding diaryl/α,β-unsaturated/α-hetero) is 1. The van der Waals surface area contributed by atoms with E-state index in [1.54, 1.807) is 12.3 Å². The molecule has 1 fully saturated rings. The highest BCUT2D eigenvalue weighted by Crippen LogP contribution is 2.34. The van der Waals surface area contributed by atoms with Crippen LogP contribution in [0.3, 0.4) is 0 Å². The van der Waals surface area contributed by atoms with Gasteiger partial charge in [-0.05, 0) is 54.3 Å². The summed E-state index contributed by atoms with van der Waals surface area (Å²) in [6, 6.07) is 10.5. The van der Waals surface area contributed by atoms with Crippen LogP contribution in [0.15, 0.2) is 47.1 Å². The van der Waals surface area contributed by atoms with Crippen molar-refractivity contribution in [2.75, 3.05) is 6.61 Å². The van der Waals surface area contributed by atoms with Gasteiger partial charge < -0.3 is 39.4 Å². The van der Waals surface area contributed by atoms with Crippen molar-refractivity contribution in [3.05, 3.63) is 59.4 Å². The average Bonchev–Trinajstić information content (AvgIpc) is 3.30. The fourth-order valence-corrected chi connectivity index (χ4v) is 4.08. The number of aryl methyl sites for hydroxylation is 2. The Morgan fingerprint density at radius 3 is 2.56 bits per heavy atom. The molecule has 182 valence electrons. The number of phenolic OH excluding ortho intramolecular Hbond substituents is 1. The van der Waals surface area contributed by atoms with E-state index in [9.17, 15) is 30.3 Å². The number of carbonyl (C=O) groups is 1. The first-order valence-corrected chi connectivity index (χ1v) is 11.1. The van der Waals surface area contributed by atoms with Crippen molar-refractivity contribution < 1.29 is 44.2 Å². The summed E-state index contributed by atoms with van der Waals surface area (Å²) in [6.45, 7) is 1.25. The zero-order chi connectivity index (χ0) is 24.4. The van der Waals surface area contributed by atoms with Gasteiger partial charge in [0.15, 0.2) is 5.78 Å². The number of fused-ring (bicyclic) bond motifs is 1. The lowest BCUT2D eigenvalue weighted by molar-refractivity contribution is -0.277. The van der Waals surface area contributed by atoms with Gasteiger partial charge in [0.25, 0.3) is 0 Å². The standard InChI is InChI=1S/C25H28O9/c1-2-13-10-17(28)21(16(27)5-3-14-4-6-18-15(9-14)7-8-32-18)19(11-13)33-25-24(31)23(30)22(29)20(12-26)34-25/h4,6-11,20,22-26,28-31H,2-3,5,12H2,1H3/t20-,22-,23+,24-,25-/m1/s1. The van der Waals surface area contributed by atoms with E-state index in [1.807, 2.05) is 31.2 Å². The summed E-state index contributed by atoms with van der Waals surface area (Å²) in [5.74, 6) is -0.669. The van der Waals surface area contributed by atoms with Gasteiger partial charge in [0, 0.05) is 11.8 Å². The number of phenols is 1. The van der Waals surface area contributed by atoms with Crippen molar-refractivity contribution in [3.8, 4) is 11.5 Å². The molecule has 2 heterocycles. The molecule has 1 aromatic heterocycles. The summed E-state index contributed by atoms with van der Waals surface area (Å²) in [5.41, 5.74) is 2.28. The maximum Gasteiger partial charge on any atom is 0.229 e. The Kier molecular flexibility index (Phi) is 7.20. The lowest BCUT2D eigenvalue weighted by Crippen LogP contribution is -2.60. The molecule has 2 aromatic carbocycles. The van der Waals surface area contributed by atoms with E-state index >= 15 is 0 Å². The number of rotatable bonds is 8. The minimum absolute atomic E-state index is 0.0172. The van der Waals surface area contributed by atoms with Gasteiger partial charge in [0.1, 0.15) is 47.1 Å². The third-order valence-corrected chi connectivity index (χ3v) is 6.08. The zero-order valence-electron chi connectivity index (χ0n) is 18.6. The smallest absolute Gasteiger partial charge is 0.229 e. The van der Waals surface area contributed by atoms with Crippen LogP contribution in [0.5, 0.6) is 11.5 Å². The van der Waals surface area contributed by atoms with Crippen LogP contribution >= 0.6 is 0 Å². The van der Waals surface area contributed by atoms with Crippen LogP contribution < -0.4 is 4.74 Å². The van der Waals surface area contributed by atoms with Crippen molar-refractivity contribution in [1.82, 2.24) is 0 Å². The Bertz CT molecular complexity index is 1150. The van der Waals surface area contributed by atoms with E-state index in [-0.39, 0.29) is 29.3 Å². The molecule has 5 N–H and O–H groups in total. The monoisotopic (exact) mass is 472 g/mol. The van der Waals surface area contributed by atoms with E-state index in [0.717, 1.165) is 16.5 Å². The Hall–Kier alpha value is -2.95. The molecule has 0 amide bonds. The number of aromatic hydroxyl groups is 1. The van der Waals surface area contributed by atoms with E-state index in [1.165, 1.54) is 6.07 Å². The second kappa shape index (κ2) is 10.1. The quantitative estimate of drug-likeness (QED) is 0.309. The summed E-state index contributed by atoms with van der Waals surface area (Å²) >= 11 is 0. The molecule has 1 aliphatic rings. The van der Waals surface area contributed by atoms with Crippen LogP contribution in [0, 0.1) is 0 Å². The highest BCUT2D eigenvalue weighted by Gasteiger charge is 2.45. The SMILES string of the molecule is CCc1cc(O)c(C(=O)CCc2ccc3occc3c2)c(O[C@@H]2O[C@H](CO)[C@@H](O)[C@H](O)[C@H]2O)c1. The minimum Gasteiger partial charge on any atom is -0.507 e. The van der Waals surface area contributed by atoms with Crippen molar-refractivity contribution in [2.24, 2.45) is 0 Å². The van der Waals surface area contributed by atoms with Crippen molar-refractivity contribution in [1.29, 1.82) is 0 Å². The molecule has 0 aliphatic carbocycles. The van der Waals surface area contributed by atoms with Gasteiger partial charge in [0.2, 0.25) is 6.29 Å².